The van der Waals surface area contributed by atoms with E-state index >= 15 is 0 Å². The van der Waals surface area contributed by atoms with Gasteiger partial charge in [-0.3, -0.25) is 10.5 Å². The lowest BCUT2D eigenvalue weighted by Crippen LogP contribution is -2.13. The predicted octanol–water partition coefficient (Wildman–Crippen LogP) is 1.34. The van der Waals surface area contributed by atoms with Crippen molar-refractivity contribution in [3.63, 3.8) is 0 Å². The molecule has 3 rings (SSSR count). The molecular formula is C17H14N2O4S. The third-order valence-electron chi connectivity index (χ3n) is 2.90. The zero-order valence-electron chi connectivity index (χ0n) is 12.4. The molecular weight excluding hydrogens is 328 g/mol. The molecule has 122 valence electrons. The molecule has 0 fully saturated rings. The van der Waals surface area contributed by atoms with Gasteiger partial charge in [0.25, 0.3) is 5.78 Å². The van der Waals surface area contributed by atoms with Gasteiger partial charge >= 0.3 is 11.1 Å². The number of rotatable bonds is 3. The van der Waals surface area contributed by atoms with Gasteiger partial charge in [-0.05, 0) is 35.1 Å². The fourth-order valence-electron chi connectivity index (χ4n) is 1.80. The van der Waals surface area contributed by atoms with Crippen molar-refractivity contribution in [3.05, 3.63) is 66.2 Å². The molecule has 0 amide bonds. The molecule has 4 N–H and O–H groups in total. The highest BCUT2D eigenvalue weighted by atomic mass is 32.1. The normalized spacial score (nSPS) is 10.8. The van der Waals surface area contributed by atoms with Crippen LogP contribution in [-0.2, 0) is 9.59 Å². The first-order valence-corrected chi connectivity index (χ1v) is 7.66. The molecule has 0 radical (unpaired) electrons. The van der Waals surface area contributed by atoms with Crippen LogP contribution >= 0.6 is 11.3 Å². The lowest BCUT2D eigenvalue weighted by atomic mass is 10.1. The molecule has 0 unspecified atom stereocenters. The van der Waals surface area contributed by atoms with E-state index in [1.54, 1.807) is 29.5 Å². The van der Waals surface area contributed by atoms with Gasteiger partial charge < -0.3 is 10.2 Å². The Morgan fingerprint density at radius 1 is 1.08 bits per heavy atom. The van der Waals surface area contributed by atoms with Crippen molar-refractivity contribution in [2.24, 2.45) is 0 Å². The standard InChI is InChI=1S/C10H8O4.C7H6N2S/c11-8(6-9(12)10(13)14)7-4-2-1-3-5-7;8-7-9-5-3-1-2-4-6(5)10-7/h1-6,11H,(H,13,14);1-4H,(H2,8,9). The molecule has 1 heterocycles. The Kier molecular flexibility index (Phi) is 5.64. The molecule has 0 aliphatic heterocycles. The van der Waals surface area contributed by atoms with Crippen molar-refractivity contribution in [1.82, 2.24) is 0 Å². The smallest absolute Gasteiger partial charge is 0.376 e. The Morgan fingerprint density at radius 3 is 2.33 bits per heavy atom. The topological polar surface area (TPSA) is 118 Å². The van der Waals surface area contributed by atoms with E-state index in [9.17, 15) is 14.7 Å². The van der Waals surface area contributed by atoms with E-state index < -0.39 is 17.5 Å². The van der Waals surface area contributed by atoms with Gasteiger partial charge in [0.2, 0.25) is 0 Å². The summed E-state index contributed by atoms with van der Waals surface area (Å²) >= 11 is 1.57. The number of hydrogen-bond acceptors (Lipinski definition) is 5. The van der Waals surface area contributed by atoms with Gasteiger partial charge in [-0.1, -0.05) is 48.2 Å². The molecule has 0 bridgehead atoms. The lowest BCUT2D eigenvalue weighted by Gasteiger charge is -2.10. The minimum atomic E-state index is -1.63. The van der Waals surface area contributed by atoms with Crippen molar-refractivity contribution in [3.8, 4) is 0 Å². The summed E-state index contributed by atoms with van der Waals surface area (Å²) in [5, 5.41) is 20.2. The van der Waals surface area contributed by atoms with Gasteiger partial charge in [-0.15, -0.1) is 0 Å². The summed E-state index contributed by atoms with van der Waals surface area (Å²) in [5.41, 5.74) is 6.96. The van der Waals surface area contributed by atoms with Crippen LogP contribution in [0.5, 0.6) is 0 Å². The van der Waals surface area contributed by atoms with Gasteiger partial charge in [0.15, 0.2) is 0 Å². The van der Waals surface area contributed by atoms with Crippen LogP contribution in [0.1, 0.15) is 5.56 Å². The average molecular weight is 342 g/mol. The van der Waals surface area contributed by atoms with Crippen LogP contribution < -0.4 is 15.8 Å². The predicted molar refractivity (Wildman–Crippen MR) is 89.9 cm³/mol. The summed E-state index contributed by atoms with van der Waals surface area (Å²) in [7, 11) is 0. The first-order valence-electron chi connectivity index (χ1n) is 6.85. The van der Waals surface area contributed by atoms with E-state index in [0.29, 0.717) is 11.6 Å². The second kappa shape index (κ2) is 7.89. The molecule has 0 spiro atoms. The number of benzene rings is 2. The van der Waals surface area contributed by atoms with E-state index in [4.69, 9.17) is 10.8 Å². The number of nitrogen functional groups attached to an aromatic ring is 1. The summed E-state index contributed by atoms with van der Waals surface area (Å²) in [6.45, 7) is 0. The summed E-state index contributed by atoms with van der Waals surface area (Å²) in [4.78, 5) is 23.8. The second-order valence-electron chi connectivity index (χ2n) is 4.63. The van der Waals surface area contributed by atoms with E-state index in [-0.39, 0.29) is 0 Å². The number of carbonyl (C=O) groups is 2. The maximum Gasteiger partial charge on any atom is 0.376 e. The Morgan fingerprint density at radius 2 is 1.71 bits per heavy atom. The van der Waals surface area contributed by atoms with Gasteiger partial charge in [0.1, 0.15) is 5.52 Å². The number of nitrogens with two attached hydrogens (primary N) is 1. The van der Waals surface area contributed by atoms with Gasteiger partial charge in [-0.2, -0.15) is 0 Å². The number of carboxylic acids is 1. The Labute approximate surface area is 141 Å². The fourth-order valence-corrected chi connectivity index (χ4v) is 2.58. The van der Waals surface area contributed by atoms with Crippen molar-refractivity contribution in [2.45, 2.75) is 0 Å². The molecule has 0 saturated carbocycles. The number of aromatic amines is 1. The summed E-state index contributed by atoms with van der Waals surface area (Å²) in [6.07, 6.45) is 0.567. The molecule has 2 aromatic carbocycles. The SMILES string of the molecule is Nc1[nH+]c2ccccc2s1.O=C(O)C(=O)C=C([O-])c1ccccc1. The van der Waals surface area contributed by atoms with Gasteiger partial charge in [0.05, 0.1) is 4.70 Å². The Hall–Kier alpha value is -3.19. The van der Waals surface area contributed by atoms with Crippen molar-refractivity contribution >= 4 is 44.2 Å². The molecule has 0 aliphatic rings. The highest BCUT2D eigenvalue weighted by Gasteiger charge is 2.06. The van der Waals surface area contributed by atoms with Crippen molar-refractivity contribution in [2.75, 3.05) is 5.73 Å². The first-order chi connectivity index (χ1) is 11.5. The van der Waals surface area contributed by atoms with Gasteiger partial charge in [-0.25, -0.2) is 9.78 Å². The number of fused-ring (bicyclic) bond motifs is 1. The summed E-state index contributed by atoms with van der Waals surface area (Å²) in [6, 6.07) is 16.1. The van der Waals surface area contributed by atoms with E-state index in [1.165, 1.54) is 16.8 Å². The van der Waals surface area contributed by atoms with Crippen LogP contribution in [0.3, 0.4) is 0 Å². The number of H-pyrrole nitrogens is 1. The van der Waals surface area contributed by atoms with Crippen LogP contribution in [0.2, 0.25) is 0 Å². The van der Waals surface area contributed by atoms with E-state index in [1.807, 2.05) is 24.3 Å². The number of ketones is 1. The second-order valence-corrected chi connectivity index (χ2v) is 5.72. The Balaban J connectivity index is 0.000000182. The van der Waals surface area contributed by atoms with Crippen molar-refractivity contribution < 1.29 is 24.8 Å². The number of para-hydroxylation sites is 1. The maximum atomic E-state index is 11.2. The lowest BCUT2D eigenvalue weighted by molar-refractivity contribution is -0.320. The molecule has 0 saturated heterocycles. The monoisotopic (exact) mass is 342 g/mol. The first kappa shape index (κ1) is 17.2. The fraction of sp³-hybridized carbons (Fsp3) is 0. The van der Waals surface area contributed by atoms with Crippen LogP contribution in [0.25, 0.3) is 16.0 Å². The minimum Gasteiger partial charge on any atom is -0.872 e. The number of thiazole rings is 1. The Bertz CT molecular complexity index is 855. The third-order valence-corrected chi connectivity index (χ3v) is 3.79. The molecule has 7 heteroatoms. The van der Waals surface area contributed by atoms with Crippen molar-refractivity contribution in [1.29, 1.82) is 0 Å². The van der Waals surface area contributed by atoms with E-state index in [2.05, 4.69) is 4.98 Å². The molecule has 24 heavy (non-hydrogen) atoms. The zero-order valence-corrected chi connectivity index (χ0v) is 13.2. The molecule has 6 nitrogen and oxygen atoms in total. The van der Waals surface area contributed by atoms with Crippen LogP contribution in [0.15, 0.2) is 60.7 Å². The molecule has 1 aromatic heterocycles. The number of hydrogen-bond donors (Lipinski definition) is 2. The maximum absolute atomic E-state index is 11.2. The number of aromatic nitrogens is 1. The zero-order chi connectivity index (χ0) is 17.5. The number of carbonyl (C=O) groups excluding carboxylic acids is 1. The molecule has 0 atom stereocenters. The summed E-state index contributed by atoms with van der Waals surface area (Å²) in [5.74, 6) is -3.44. The van der Waals surface area contributed by atoms with E-state index in [0.717, 1.165) is 10.6 Å². The van der Waals surface area contributed by atoms with Crippen LogP contribution in [-0.4, -0.2) is 16.9 Å². The highest BCUT2D eigenvalue weighted by molar-refractivity contribution is 7.21. The van der Waals surface area contributed by atoms with Crippen LogP contribution in [0, 0.1) is 0 Å². The largest absolute Gasteiger partial charge is 0.872 e. The average Bonchev–Trinajstić information content (AvgIpc) is 2.96. The quantitative estimate of drug-likeness (QED) is 0.423. The van der Waals surface area contributed by atoms with Crippen LogP contribution in [0.4, 0.5) is 5.13 Å². The number of anilines is 1. The van der Waals surface area contributed by atoms with Gasteiger partial charge in [0, 0.05) is 0 Å². The molecule has 0 aliphatic carbocycles. The summed E-state index contributed by atoms with van der Waals surface area (Å²) < 4.78 is 1.21. The minimum absolute atomic E-state index is 0.294. The number of aliphatic carboxylic acids is 1. The number of nitrogens with one attached hydrogen (secondary N) is 1. The highest BCUT2D eigenvalue weighted by Crippen LogP contribution is 2.18. The molecule has 3 aromatic rings. The third kappa shape index (κ3) is 4.65. The number of carboxylic acid groups (broad SMARTS) is 1.